The monoisotopic (exact) mass is 423 g/mol. The average molecular weight is 424 g/mol. The molecule has 1 heterocycles. The average Bonchev–Trinajstić information content (AvgIpc) is 3.43. The zero-order chi connectivity index (χ0) is 22.1. The van der Waals surface area contributed by atoms with Crippen LogP contribution in [0.15, 0.2) is 41.4 Å². The molecule has 1 saturated carbocycles. The maximum Gasteiger partial charge on any atom is 0.233 e. The van der Waals surface area contributed by atoms with Crippen LogP contribution in [0.4, 0.5) is 0 Å². The van der Waals surface area contributed by atoms with Crippen LogP contribution in [-0.4, -0.2) is 68.4 Å². The molecule has 0 spiro atoms. The number of nitrogens with zero attached hydrogens (tertiary/aromatic N) is 3. The van der Waals surface area contributed by atoms with Gasteiger partial charge < -0.3 is 15.5 Å². The number of amides is 2. The Morgan fingerprint density at radius 3 is 2.26 bits per heavy atom. The number of benzene rings is 1. The number of hydrogen-bond donors (Lipinski definition) is 2. The molecule has 7 heteroatoms. The van der Waals surface area contributed by atoms with Crippen molar-refractivity contribution in [1.29, 1.82) is 0 Å². The van der Waals surface area contributed by atoms with E-state index in [1.165, 1.54) is 16.0 Å². The quantitative estimate of drug-likeness (QED) is 0.301. The van der Waals surface area contributed by atoms with Gasteiger partial charge in [0.1, 0.15) is 0 Å². The number of aryl methyl sites for hydroxylation is 1. The van der Waals surface area contributed by atoms with Crippen molar-refractivity contribution in [1.82, 2.24) is 20.4 Å². The maximum atomic E-state index is 12.8. The molecule has 2 N–H and O–H groups in total. The van der Waals surface area contributed by atoms with Crippen LogP contribution < -0.4 is 10.6 Å². The summed E-state index contributed by atoms with van der Waals surface area (Å²) >= 11 is 0. The number of allylic oxidation sites excluding steroid dienone is 2. The summed E-state index contributed by atoms with van der Waals surface area (Å²) in [6, 6.07) is 8.76. The number of guanidine groups is 1. The first-order chi connectivity index (χ1) is 14.9. The predicted molar refractivity (Wildman–Crippen MR) is 121 cm³/mol. The molecular formula is C24H33N5O2. The Labute approximate surface area is 184 Å². The standard InChI is InChI=1S/C24H33N5O2/c1-15-5-7-16(8-6-15)19(28(3)4)14-27-24(25-2)26-11-12-29-22(30)20-17-9-10-18(13-17)21(20)23(29)31/h5-10,17-21H,11-14H2,1-4H3,(H2,25,26,27). The topological polar surface area (TPSA) is 77.0 Å². The van der Waals surface area contributed by atoms with Gasteiger partial charge in [0.05, 0.1) is 17.9 Å². The summed E-state index contributed by atoms with van der Waals surface area (Å²) in [4.78, 5) is 33.5. The minimum atomic E-state index is -0.129. The van der Waals surface area contributed by atoms with Crippen LogP contribution in [-0.2, 0) is 9.59 Å². The predicted octanol–water partition coefficient (Wildman–Crippen LogP) is 1.57. The number of carbonyl (C=O) groups excluding carboxylic acids is 2. The third kappa shape index (κ3) is 4.11. The highest BCUT2D eigenvalue weighted by Crippen LogP contribution is 2.52. The van der Waals surface area contributed by atoms with E-state index in [0.29, 0.717) is 25.6 Å². The highest BCUT2D eigenvalue weighted by molar-refractivity contribution is 6.06. The van der Waals surface area contributed by atoms with Gasteiger partial charge in [0.25, 0.3) is 0 Å². The van der Waals surface area contributed by atoms with Crippen LogP contribution in [0.1, 0.15) is 23.6 Å². The van der Waals surface area contributed by atoms with Crippen LogP contribution in [0, 0.1) is 30.6 Å². The Balaban J connectivity index is 1.28. The second-order valence-electron chi connectivity index (χ2n) is 9.10. The lowest BCUT2D eigenvalue weighted by Gasteiger charge is -2.26. The van der Waals surface area contributed by atoms with Crippen molar-refractivity contribution in [3.05, 3.63) is 47.5 Å². The highest BCUT2D eigenvalue weighted by Gasteiger charge is 2.58. The molecule has 0 aromatic heterocycles. The van der Waals surface area contributed by atoms with Gasteiger partial charge in [0.15, 0.2) is 5.96 Å². The maximum absolute atomic E-state index is 12.8. The van der Waals surface area contributed by atoms with E-state index in [1.807, 2.05) is 0 Å². The summed E-state index contributed by atoms with van der Waals surface area (Å²) in [5, 5.41) is 6.63. The van der Waals surface area contributed by atoms with E-state index >= 15 is 0 Å². The zero-order valence-corrected chi connectivity index (χ0v) is 18.8. The second kappa shape index (κ2) is 8.83. The second-order valence-corrected chi connectivity index (χ2v) is 9.10. The molecule has 1 aliphatic heterocycles. The Bertz CT molecular complexity index is 862. The normalized spacial score (nSPS) is 27.9. The van der Waals surface area contributed by atoms with Gasteiger partial charge in [-0.2, -0.15) is 0 Å². The van der Waals surface area contributed by atoms with Crippen molar-refractivity contribution in [2.24, 2.45) is 28.7 Å². The Morgan fingerprint density at radius 2 is 1.71 bits per heavy atom. The van der Waals surface area contributed by atoms with Crippen LogP contribution in [0.2, 0.25) is 0 Å². The fraction of sp³-hybridized carbons (Fsp3) is 0.542. The van der Waals surface area contributed by atoms with Gasteiger partial charge in [-0.25, -0.2) is 0 Å². The van der Waals surface area contributed by atoms with Gasteiger partial charge in [-0.3, -0.25) is 19.5 Å². The van der Waals surface area contributed by atoms with Crippen molar-refractivity contribution in [2.45, 2.75) is 19.4 Å². The van der Waals surface area contributed by atoms with Gasteiger partial charge in [-0.05, 0) is 44.8 Å². The van der Waals surface area contributed by atoms with Gasteiger partial charge in [-0.1, -0.05) is 42.0 Å². The molecule has 5 unspecified atom stereocenters. The summed E-state index contributed by atoms with van der Waals surface area (Å²) in [5.74, 6) is 0.921. The lowest BCUT2D eigenvalue weighted by Crippen LogP contribution is -2.45. The summed E-state index contributed by atoms with van der Waals surface area (Å²) in [6.07, 6.45) is 5.21. The molecule has 1 saturated heterocycles. The minimum Gasteiger partial charge on any atom is -0.355 e. The molecule has 7 nitrogen and oxygen atoms in total. The number of rotatable bonds is 7. The highest BCUT2D eigenvalue weighted by atomic mass is 16.2. The van der Waals surface area contributed by atoms with E-state index < -0.39 is 0 Å². The number of imide groups is 1. The van der Waals surface area contributed by atoms with E-state index in [4.69, 9.17) is 0 Å². The van der Waals surface area contributed by atoms with Crippen molar-refractivity contribution in [3.63, 3.8) is 0 Å². The number of likely N-dealkylation sites (tertiary alicyclic amines) is 1. The lowest BCUT2D eigenvalue weighted by molar-refractivity contribution is -0.140. The van der Waals surface area contributed by atoms with Crippen molar-refractivity contribution in [3.8, 4) is 0 Å². The van der Waals surface area contributed by atoms with Crippen LogP contribution in [0.3, 0.4) is 0 Å². The largest absolute Gasteiger partial charge is 0.355 e. The first-order valence-electron chi connectivity index (χ1n) is 11.1. The molecule has 1 aromatic carbocycles. The summed E-state index contributed by atoms with van der Waals surface area (Å²) in [6.45, 7) is 3.63. The number of hydrogen-bond acceptors (Lipinski definition) is 4. The third-order valence-corrected chi connectivity index (χ3v) is 6.96. The summed E-state index contributed by atoms with van der Waals surface area (Å²) < 4.78 is 0. The molecular weight excluding hydrogens is 390 g/mol. The molecule has 166 valence electrons. The molecule has 5 atom stereocenters. The molecule has 31 heavy (non-hydrogen) atoms. The molecule has 0 radical (unpaired) electrons. The Hall–Kier alpha value is -2.67. The lowest BCUT2D eigenvalue weighted by atomic mass is 9.85. The van der Waals surface area contributed by atoms with Crippen molar-refractivity contribution in [2.75, 3.05) is 40.8 Å². The van der Waals surface area contributed by atoms with Gasteiger partial charge >= 0.3 is 0 Å². The number of nitrogens with one attached hydrogen (secondary N) is 2. The zero-order valence-electron chi connectivity index (χ0n) is 18.8. The van der Waals surface area contributed by atoms with Crippen molar-refractivity contribution >= 4 is 17.8 Å². The van der Waals surface area contributed by atoms with Crippen LogP contribution >= 0.6 is 0 Å². The summed E-state index contributed by atoms with van der Waals surface area (Å²) in [7, 11) is 5.85. The molecule has 2 fully saturated rings. The van der Waals surface area contributed by atoms with E-state index in [0.717, 1.165) is 6.42 Å². The SMILES string of the molecule is CN=C(NCCN1C(=O)C2C3C=CC(C3)C2C1=O)NCC(c1ccc(C)cc1)N(C)C. The van der Waals surface area contributed by atoms with E-state index in [2.05, 4.69) is 78.0 Å². The molecule has 2 amide bonds. The first kappa shape index (κ1) is 21.6. The number of fused-ring (bicyclic) bond motifs is 5. The van der Waals surface area contributed by atoms with E-state index in [9.17, 15) is 9.59 Å². The fourth-order valence-electron chi connectivity index (χ4n) is 5.27. The van der Waals surface area contributed by atoms with Crippen LogP contribution in [0.25, 0.3) is 0 Å². The van der Waals surface area contributed by atoms with E-state index in [1.54, 1.807) is 7.05 Å². The fourth-order valence-corrected chi connectivity index (χ4v) is 5.27. The van der Waals surface area contributed by atoms with Gasteiger partial charge in [0, 0.05) is 26.7 Å². The number of carbonyl (C=O) groups is 2. The Morgan fingerprint density at radius 1 is 1.10 bits per heavy atom. The summed E-state index contributed by atoms with van der Waals surface area (Å²) in [5.41, 5.74) is 2.48. The van der Waals surface area contributed by atoms with Crippen LogP contribution in [0.5, 0.6) is 0 Å². The van der Waals surface area contributed by atoms with E-state index in [-0.39, 0.29) is 41.5 Å². The smallest absolute Gasteiger partial charge is 0.233 e. The first-order valence-corrected chi connectivity index (χ1v) is 11.1. The molecule has 2 aliphatic carbocycles. The Kier molecular flexibility index (Phi) is 6.14. The number of likely N-dealkylation sites (N-methyl/N-ethyl adjacent to an activating group) is 1. The molecule has 4 rings (SSSR count). The van der Waals surface area contributed by atoms with Gasteiger partial charge in [0.2, 0.25) is 11.8 Å². The molecule has 2 bridgehead atoms. The molecule has 1 aromatic rings. The minimum absolute atomic E-state index is 0.00337. The number of aliphatic imine (C=N–C) groups is 1. The third-order valence-electron chi connectivity index (χ3n) is 6.96. The van der Waals surface area contributed by atoms with Crippen molar-refractivity contribution < 1.29 is 9.59 Å². The van der Waals surface area contributed by atoms with Gasteiger partial charge in [-0.15, -0.1) is 0 Å². The molecule has 3 aliphatic rings.